The van der Waals surface area contributed by atoms with Gasteiger partial charge in [-0.25, -0.2) is 9.97 Å². The summed E-state index contributed by atoms with van der Waals surface area (Å²) in [5.74, 6) is 1.13. The van der Waals surface area contributed by atoms with E-state index in [0.717, 1.165) is 48.9 Å². The third-order valence-corrected chi connectivity index (χ3v) is 6.91. The number of anilines is 2. The van der Waals surface area contributed by atoms with Crippen LogP contribution in [0.15, 0.2) is 30.6 Å². The number of amides is 1. The van der Waals surface area contributed by atoms with E-state index >= 15 is 0 Å². The second kappa shape index (κ2) is 8.47. The van der Waals surface area contributed by atoms with E-state index < -0.39 is 0 Å². The first-order valence-electron chi connectivity index (χ1n) is 10.2. The highest BCUT2D eigenvalue weighted by Crippen LogP contribution is 2.34. The lowest BCUT2D eigenvalue weighted by Crippen LogP contribution is -3.15. The molecule has 0 spiro atoms. The summed E-state index contributed by atoms with van der Waals surface area (Å²) in [6.07, 6.45) is 2.59. The highest BCUT2D eigenvalue weighted by atomic mass is 32.1. The minimum Gasteiger partial charge on any atom is -0.345 e. The van der Waals surface area contributed by atoms with Gasteiger partial charge in [0.1, 0.15) is 17.0 Å². The summed E-state index contributed by atoms with van der Waals surface area (Å²) in [5, 5.41) is 4.28. The number of quaternary nitrogens is 1. The predicted octanol–water partition coefficient (Wildman–Crippen LogP) is 2.21. The van der Waals surface area contributed by atoms with Crippen LogP contribution in [-0.4, -0.2) is 48.6 Å². The van der Waals surface area contributed by atoms with Gasteiger partial charge in [0, 0.05) is 10.6 Å². The fourth-order valence-corrected chi connectivity index (χ4v) is 4.98. The van der Waals surface area contributed by atoms with Crippen LogP contribution < -0.4 is 15.1 Å². The highest BCUT2D eigenvalue weighted by Gasteiger charge is 2.25. The zero-order valence-corrected chi connectivity index (χ0v) is 18.1. The quantitative estimate of drug-likeness (QED) is 0.677. The molecule has 1 aliphatic heterocycles. The monoisotopic (exact) mass is 410 g/mol. The van der Waals surface area contributed by atoms with Crippen molar-refractivity contribution in [1.82, 2.24) is 9.97 Å². The normalized spacial score (nSPS) is 15.1. The van der Waals surface area contributed by atoms with Gasteiger partial charge in [-0.2, -0.15) is 0 Å². The number of thiophene rings is 1. The maximum Gasteiger partial charge on any atom is 0.279 e. The van der Waals surface area contributed by atoms with Gasteiger partial charge < -0.3 is 15.1 Å². The number of aromatic nitrogens is 2. The van der Waals surface area contributed by atoms with Gasteiger partial charge >= 0.3 is 0 Å². The largest absolute Gasteiger partial charge is 0.345 e. The van der Waals surface area contributed by atoms with Crippen LogP contribution in [0.25, 0.3) is 10.2 Å². The van der Waals surface area contributed by atoms with Crippen molar-refractivity contribution in [2.75, 3.05) is 42.9 Å². The zero-order valence-electron chi connectivity index (χ0n) is 17.3. The van der Waals surface area contributed by atoms with Gasteiger partial charge in [0.05, 0.1) is 31.6 Å². The molecule has 0 unspecified atom stereocenters. The van der Waals surface area contributed by atoms with Gasteiger partial charge in [0.2, 0.25) is 0 Å². The maximum atomic E-state index is 12.6. The maximum absolute atomic E-state index is 12.6. The Bertz CT molecular complexity index is 1020. The minimum atomic E-state index is 0.0862. The van der Waals surface area contributed by atoms with Crippen LogP contribution in [0.1, 0.15) is 22.9 Å². The van der Waals surface area contributed by atoms with E-state index in [1.807, 2.05) is 18.2 Å². The van der Waals surface area contributed by atoms with Gasteiger partial charge in [-0.05, 0) is 37.5 Å². The molecule has 2 aromatic heterocycles. The number of aryl methyl sites for hydroxylation is 3. The molecule has 7 heteroatoms. The van der Waals surface area contributed by atoms with Gasteiger partial charge in [-0.3, -0.25) is 4.79 Å². The van der Waals surface area contributed by atoms with Crippen LogP contribution in [0.2, 0.25) is 0 Å². The number of rotatable bonds is 5. The van der Waals surface area contributed by atoms with Crippen LogP contribution in [0.5, 0.6) is 0 Å². The average Bonchev–Trinajstić information content (AvgIpc) is 3.03. The summed E-state index contributed by atoms with van der Waals surface area (Å²) >= 11 is 1.73. The first kappa shape index (κ1) is 19.8. The number of carbonyl (C=O) groups excluding carboxylic acids is 1. The van der Waals surface area contributed by atoms with Crippen molar-refractivity contribution in [3.8, 4) is 0 Å². The second-order valence-corrected chi connectivity index (χ2v) is 8.84. The molecule has 152 valence electrons. The zero-order chi connectivity index (χ0) is 20.4. The van der Waals surface area contributed by atoms with Crippen LogP contribution in [0.4, 0.5) is 11.5 Å². The molecule has 0 bridgehead atoms. The van der Waals surface area contributed by atoms with E-state index in [1.165, 1.54) is 26.3 Å². The Morgan fingerprint density at radius 3 is 2.72 bits per heavy atom. The molecule has 4 rings (SSSR count). The molecule has 3 aromatic rings. The third kappa shape index (κ3) is 4.11. The van der Waals surface area contributed by atoms with E-state index in [9.17, 15) is 4.79 Å². The highest BCUT2D eigenvalue weighted by molar-refractivity contribution is 7.18. The molecule has 1 aromatic carbocycles. The number of para-hydroxylation sites is 1. The summed E-state index contributed by atoms with van der Waals surface area (Å²) < 4.78 is 0. The van der Waals surface area contributed by atoms with Crippen LogP contribution >= 0.6 is 11.3 Å². The number of piperazine rings is 1. The molecule has 1 fully saturated rings. The number of fused-ring (bicyclic) bond motifs is 1. The smallest absolute Gasteiger partial charge is 0.279 e. The van der Waals surface area contributed by atoms with Crippen molar-refractivity contribution >= 4 is 39.0 Å². The molecule has 3 heterocycles. The van der Waals surface area contributed by atoms with Crippen molar-refractivity contribution in [2.45, 2.75) is 27.2 Å². The third-order valence-electron chi connectivity index (χ3n) is 5.80. The summed E-state index contributed by atoms with van der Waals surface area (Å²) in [6.45, 7) is 10.6. The van der Waals surface area contributed by atoms with Crippen molar-refractivity contribution in [3.63, 3.8) is 0 Å². The van der Waals surface area contributed by atoms with Gasteiger partial charge in [0.15, 0.2) is 6.54 Å². The second-order valence-electron chi connectivity index (χ2n) is 7.63. The SMILES string of the molecule is CCc1ccccc1NC(=O)C[NH+]1CCN(c2ncnc3sc(C)c(C)c23)CC1. The van der Waals surface area contributed by atoms with Crippen LogP contribution in [0.3, 0.4) is 0 Å². The first-order chi connectivity index (χ1) is 14.1. The average molecular weight is 411 g/mol. The van der Waals surface area contributed by atoms with E-state index in [1.54, 1.807) is 17.7 Å². The molecule has 1 amide bonds. The Kier molecular flexibility index (Phi) is 5.78. The molecule has 1 saturated heterocycles. The lowest BCUT2D eigenvalue weighted by atomic mass is 10.1. The van der Waals surface area contributed by atoms with E-state index in [-0.39, 0.29) is 5.91 Å². The fourth-order valence-electron chi connectivity index (χ4n) is 3.99. The molecule has 1 aliphatic rings. The lowest BCUT2D eigenvalue weighted by molar-refractivity contribution is -0.892. The van der Waals surface area contributed by atoms with Crippen molar-refractivity contribution in [1.29, 1.82) is 0 Å². The van der Waals surface area contributed by atoms with Gasteiger partial charge in [0.25, 0.3) is 5.91 Å². The van der Waals surface area contributed by atoms with Crippen molar-refractivity contribution < 1.29 is 9.69 Å². The predicted molar refractivity (Wildman–Crippen MR) is 119 cm³/mol. The number of hydrogen-bond acceptors (Lipinski definition) is 5. The Labute approximate surface area is 175 Å². The molecule has 2 N–H and O–H groups in total. The lowest BCUT2D eigenvalue weighted by Gasteiger charge is -2.33. The van der Waals surface area contributed by atoms with E-state index in [2.05, 4.69) is 47.0 Å². The molecular weight excluding hydrogens is 382 g/mol. The van der Waals surface area contributed by atoms with Crippen molar-refractivity contribution in [2.24, 2.45) is 0 Å². The molecule has 0 saturated carbocycles. The number of carbonyl (C=O) groups is 1. The summed E-state index contributed by atoms with van der Waals surface area (Å²) in [4.78, 5) is 27.6. The minimum absolute atomic E-state index is 0.0862. The van der Waals surface area contributed by atoms with Crippen LogP contribution in [0, 0.1) is 13.8 Å². The molecule has 0 radical (unpaired) electrons. The Morgan fingerprint density at radius 2 is 1.97 bits per heavy atom. The number of benzene rings is 1. The van der Waals surface area contributed by atoms with E-state index in [0.29, 0.717) is 6.54 Å². The topological polar surface area (TPSA) is 62.6 Å². The van der Waals surface area contributed by atoms with E-state index in [4.69, 9.17) is 0 Å². The fraction of sp³-hybridized carbons (Fsp3) is 0.409. The van der Waals surface area contributed by atoms with Gasteiger partial charge in [-0.15, -0.1) is 11.3 Å². The molecular formula is C22H28N5OS+. The molecule has 0 atom stereocenters. The number of hydrogen-bond donors (Lipinski definition) is 2. The Hall–Kier alpha value is -2.51. The molecule has 6 nitrogen and oxygen atoms in total. The Morgan fingerprint density at radius 1 is 1.21 bits per heavy atom. The van der Waals surface area contributed by atoms with Gasteiger partial charge in [-0.1, -0.05) is 25.1 Å². The number of nitrogens with zero attached hydrogens (tertiary/aromatic N) is 3. The molecule has 29 heavy (non-hydrogen) atoms. The Balaban J connectivity index is 1.38. The summed E-state index contributed by atoms with van der Waals surface area (Å²) in [5.41, 5.74) is 3.39. The van der Waals surface area contributed by atoms with Crippen LogP contribution in [-0.2, 0) is 11.2 Å². The number of nitrogens with one attached hydrogen (secondary N) is 2. The summed E-state index contributed by atoms with van der Waals surface area (Å²) in [6, 6.07) is 8.03. The standard InChI is InChI=1S/C22H27N5OS/c1-4-17-7-5-6-8-18(17)25-19(28)13-26-9-11-27(12-10-26)21-20-15(2)16(3)29-22(20)24-14-23-21/h5-8,14H,4,9-13H2,1-3H3,(H,25,28)/p+1. The first-order valence-corrected chi connectivity index (χ1v) is 11.1. The van der Waals surface area contributed by atoms with Crippen molar-refractivity contribution in [3.05, 3.63) is 46.6 Å². The summed E-state index contributed by atoms with van der Waals surface area (Å²) in [7, 11) is 0. The molecule has 0 aliphatic carbocycles.